The van der Waals surface area contributed by atoms with Crippen LogP contribution in [0.3, 0.4) is 0 Å². The summed E-state index contributed by atoms with van der Waals surface area (Å²) in [6.45, 7) is 4.64. The maximum absolute atomic E-state index is 12.4. The van der Waals surface area contributed by atoms with E-state index in [4.69, 9.17) is 14.6 Å². The van der Waals surface area contributed by atoms with Crippen LogP contribution in [0.1, 0.15) is 16.9 Å². The lowest BCUT2D eigenvalue weighted by Gasteiger charge is -2.26. The number of halogens is 3. The molecule has 0 unspecified atom stereocenters. The van der Waals surface area contributed by atoms with Crippen LogP contribution in [0, 0.1) is 0 Å². The quantitative estimate of drug-likeness (QED) is 0.568. The fourth-order valence-electron chi connectivity index (χ4n) is 3.03. The number of ether oxygens (including phenoxy) is 1. The first-order valence-electron chi connectivity index (χ1n) is 10.5. The number of carboxylic acids is 1. The van der Waals surface area contributed by atoms with Gasteiger partial charge in [-0.3, -0.25) is 4.79 Å². The molecule has 0 aliphatic carbocycles. The van der Waals surface area contributed by atoms with Crippen molar-refractivity contribution in [2.75, 3.05) is 58.4 Å². The molecule has 0 atom stereocenters. The highest BCUT2D eigenvalue weighted by molar-refractivity contribution is 5.94. The molecular formula is C21H29F3N6O4. The van der Waals surface area contributed by atoms with Gasteiger partial charge in [0.1, 0.15) is 5.69 Å². The van der Waals surface area contributed by atoms with Gasteiger partial charge in [0.25, 0.3) is 5.91 Å². The molecule has 1 aliphatic heterocycles. The lowest BCUT2D eigenvalue weighted by atomic mass is 10.2. The number of aliphatic carboxylic acids is 1. The Bertz CT molecular complexity index is 941. The van der Waals surface area contributed by atoms with Gasteiger partial charge in [-0.2, -0.15) is 13.2 Å². The first kappa shape index (κ1) is 27.1. The van der Waals surface area contributed by atoms with E-state index in [1.807, 2.05) is 50.4 Å². The Kier molecular flexibility index (Phi) is 9.81. The van der Waals surface area contributed by atoms with Crippen molar-refractivity contribution in [1.29, 1.82) is 0 Å². The SMILES string of the molecule is CN(C)CCCNC(=O)c1cc(-c2cnc(N3CCOCC3)nc2)cn1C.O=C(O)C(F)(F)F. The maximum atomic E-state index is 12.4. The van der Waals surface area contributed by atoms with Crippen LogP contribution in [0.4, 0.5) is 19.1 Å². The van der Waals surface area contributed by atoms with E-state index in [1.165, 1.54) is 0 Å². The third-order valence-electron chi connectivity index (χ3n) is 4.81. The van der Waals surface area contributed by atoms with Crippen LogP contribution in [-0.2, 0) is 16.6 Å². The highest BCUT2D eigenvalue weighted by Gasteiger charge is 2.38. The number of nitrogens with zero attached hydrogens (tertiary/aromatic N) is 5. The zero-order valence-corrected chi connectivity index (χ0v) is 19.3. The van der Waals surface area contributed by atoms with Gasteiger partial charge in [-0.25, -0.2) is 14.8 Å². The summed E-state index contributed by atoms with van der Waals surface area (Å²) in [5, 5.41) is 10.1. The molecule has 10 nitrogen and oxygen atoms in total. The number of hydrogen-bond donors (Lipinski definition) is 2. The van der Waals surface area contributed by atoms with Crippen molar-refractivity contribution in [3.05, 3.63) is 30.4 Å². The first-order chi connectivity index (χ1) is 16.0. The Morgan fingerprint density at radius 1 is 1.18 bits per heavy atom. The van der Waals surface area contributed by atoms with Crippen LogP contribution in [0.5, 0.6) is 0 Å². The van der Waals surface area contributed by atoms with E-state index < -0.39 is 12.1 Å². The summed E-state index contributed by atoms with van der Waals surface area (Å²) in [5.41, 5.74) is 2.46. The van der Waals surface area contributed by atoms with Gasteiger partial charge in [-0.05, 0) is 33.1 Å². The molecule has 1 saturated heterocycles. The standard InChI is InChI=1S/C19H28N6O2.C2HF3O2/c1-23(2)6-4-5-20-18(26)17-11-15(14-24(17)3)16-12-21-19(22-13-16)25-7-9-27-10-8-25;3-2(4,5)1(6)7/h11-14H,4-10H2,1-3H3,(H,20,26);(H,6,7). The summed E-state index contributed by atoms with van der Waals surface area (Å²) in [6, 6.07) is 1.88. The molecule has 13 heteroatoms. The normalized spacial score (nSPS) is 13.9. The molecule has 2 aromatic heterocycles. The third-order valence-corrected chi connectivity index (χ3v) is 4.81. The smallest absolute Gasteiger partial charge is 0.475 e. The summed E-state index contributed by atoms with van der Waals surface area (Å²) in [7, 11) is 5.93. The summed E-state index contributed by atoms with van der Waals surface area (Å²) in [5.74, 6) is -2.10. The Balaban J connectivity index is 0.000000509. The molecule has 3 rings (SSSR count). The minimum Gasteiger partial charge on any atom is -0.475 e. The Morgan fingerprint density at radius 2 is 1.76 bits per heavy atom. The van der Waals surface area contributed by atoms with Crippen LogP contribution in [0.25, 0.3) is 11.1 Å². The number of anilines is 1. The largest absolute Gasteiger partial charge is 0.490 e. The maximum Gasteiger partial charge on any atom is 0.490 e. The number of aromatic nitrogens is 3. The topological polar surface area (TPSA) is 113 Å². The summed E-state index contributed by atoms with van der Waals surface area (Å²) in [4.78, 5) is 34.5. The second-order valence-electron chi connectivity index (χ2n) is 7.81. The second kappa shape index (κ2) is 12.3. The van der Waals surface area contributed by atoms with E-state index in [0.717, 1.165) is 43.1 Å². The molecule has 34 heavy (non-hydrogen) atoms. The number of carbonyl (C=O) groups is 2. The highest BCUT2D eigenvalue weighted by atomic mass is 19.4. The molecule has 0 radical (unpaired) electrons. The van der Waals surface area contributed by atoms with Crippen LogP contribution < -0.4 is 10.2 Å². The van der Waals surface area contributed by atoms with Crippen LogP contribution in [-0.4, -0.2) is 96.1 Å². The number of aryl methyl sites for hydroxylation is 1. The number of nitrogens with one attached hydrogen (secondary N) is 1. The molecule has 188 valence electrons. The lowest BCUT2D eigenvalue weighted by molar-refractivity contribution is -0.192. The lowest BCUT2D eigenvalue weighted by Crippen LogP contribution is -2.37. The number of alkyl halides is 3. The van der Waals surface area contributed by atoms with E-state index in [-0.39, 0.29) is 5.91 Å². The zero-order chi connectivity index (χ0) is 25.3. The number of hydrogen-bond acceptors (Lipinski definition) is 7. The van der Waals surface area contributed by atoms with E-state index in [9.17, 15) is 18.0 Å². The minimum absolute atomic E-state index is 0.0617. The number of rotatable bonds is 7. The van der Waals surface area contributed by atoms with E-state index in [1.54, 1.807) is 0 Å². The summed E-state index contributed by atoms with van der Waals surface area (Å²) < 4.78 is 38.9. The van der Waals surface area contributed by atoms with Gasteiger partial charge >= 0.3 is 12.1 Å². The van der Waals surface area contributed by atoms with Crippen LogP contribution in [0.2, 0.25) is 0 Å². The fourth-order valence-corrected chi connectivity index (χ4v) is 3.03. The molecule has 3 heterocycles. The van der Waals surface area contributed by atoms with Gasteiger partial charge in [-0.1, -0.05) is 0 Å². The number of carbonyl (C=O) groups excluding carboxylic acids is 1. The molecule has 0 aromatic carbocycles. The van der Waals surface area contributed by atoms with Crippen molar-refractivity contribution in [3.8, 4) is 11.1 Å². The molecule has 0 bridgehead atoms. The predicted octanol–water partition coefficient (Wildman–Crippen LogP) is 1.63. The van der Waals surface area contributed by atoms with Crippen LogP contribution >= 0.6 is 0 Å². The van der Waals surface area contributed by atoms with Crippen molar-refractivity contribution in [2.24, 2.45) is 7.05 Å². The van der Waals surface area contributed by atoms with Crippen molar-refractivity contribution < 1.29 is 32.6 Å². The average Bonchev–Trinajstić information content (AvgIpc) is 3.18. The van der Waals surface area contributed by atoms with E-state index in [0.29, 0.717) is 25.5 Å². The summed E-state index contributed by atoms with van der Waals surface area (Å²) in [6.07, 6.45) is 1.40. The van der Waals surface area contributed by atoms with Crippen molar-refractivity contribution in [2.45, 2.75) is 12.6 Å². The fraction of sp³-hybridized carbons (Fsp3) is 0.524. The number of amides is 1. The van der Waals surface area contributed by atoms with Gasteiger partial charge in [0.05, 0.1) is 13.2 Å². The average molecular weight is 486 g/mol. The molecule has 2 aromatic rings. The monoisotopic (exact) mass is 486 g/mol. The molecule has 2 N–H and O–H groups in total. The molecule has 1 amide bonds. The van der Waals surface area contributed by atoms with Crippen molar-refractivity contribution in [3.63, 3.8) is 0 Å². The summed E-state index contributed by atoms with van der Waals surface area (Å²) >= 11 is 0. The first-order valence-corrected chi connectivity index (χ1v) is 10.5. The van der Waals surface area contributed by atoms with Crippen LogP contribution in [0.15, 0.2) is 24.7 Å². The molecule has 1 aliphatic rings. The Hall–Kier alpha value is -3.19. The Morgan fingerprint density at radius 3 is 2.29 bits per heavy atom. The number of carboxylic acid groups (broad SMARTS) is 1. The minimum atomic E-state index is -5.08. The Labute approximate surface area is 195 Å². The van der Waals surface area contributed by atoms with Gasteiger partial charge in [0.15, 0.2) is 0 Å². The molecule has 0 saturated carbocycles. The van der Waals surface area contributed by atoms with Gasteiger partial charge < -0.3 is 29.5 Å². The van der Waals surface area contributed by atoms with E-state index >= 15 is 0 Å². The van der Waals surface area contributed by atoms with Crippen molar-refractivity contribution >= 4 is 17.8 Å². The van der Waals surface area contributed by atoms with Gasteiger partial charge in [0.2, 0.25) is 5.95 Å². The number of morpholine rings is 1. The highest BCUT2D eigenvalue weighted by Crippen LogP contribution is 2.22. The second-order valence-corrected chi connectivity index (χ2v) is 7.81. The molecular weight excluding hydrogens is 457 g/mol. The predicted molar refractivity (Wildman–Crippen MR) is 119 cm³/mol. The molecule has 1 fully saturated rings. The van der Waals surface area contributed by atoms with Crippen molar-refractivity contribution in [1.82, 2.24) is 24.8 Å². The zero-order valence-electron chi connectivity index (χ0n) is 19.3. The van der Waals surface area contributed by atoms with E-state index in [2.05, 4.69) is 25.1 Å². The third kappa shape index (κ3) is 8.30. The molecule has 0 spiro atoms. The van der Waals surface area contributed by atoms with Gasteiger partial charge in [0, 0.05) is 56.4 Å². The van der Waals surface area contributed by atoms with Gasteiger partial charge in [-0.15, -0.1) is 0 Å².